The second-order valence-electron chi connectivity index (χ2n) is 7.16. The van der Waals surface area contributed by atoms with Crippen LogP contribution in [0.25, 0.3) is 6.08 Å². The molecule has 0 aliphatic heterocycles. The maximum atomic E-state index is 11.7. The van der Waals surface area contributed by atoms with Crippen LogP contribution in [0.3, 0.4) is 0 Å². The van der Waals surface area contributed by atoms with Gasteiger partial charge in [0.1, 0.15) is 24.2 Å². The molecule has 174 valence electrons. The molecule has 2 aromatic rings. The van der Waals surface area contributed by atoms with Crippen LogP contribution in [0.5, 0.6) is 11.5 Å². The minimum absolute atomic E-state index is 0.138. The van der Waals surface area contributed by atoms with Crippen molar-refractivity contribution in [3.05, 3.63) is 65.7 Å². The predicted octanol–water partition coefficient (Wildman–Crippen LogP) is 3.83. The van der Waals surface area contributed by atoms with Gasteiger partial charge in [-0.05, 0) is 35.4 Å². The number of ether oxygens (including phenoxy) is 4. The van der Waals surface area contributed by atoms with Crippen LogP contribution in [0.15, 0.2) is 54.6 Å². The number of esters is 4. The molecule has 0 unspecified atom stereocenters. The van der Waals surface area contributed by atoms with Crippen molar-refractivity contribution >= 4 is 30.0 Å². The molecule has 0 fully saturated rings. The van der Waals surface area contributed by atoms with Crippen molar-refractivity contribution in [1.82, 2.24) is 0 Å². The highest BCUT2D eigenvalue weighted by Gasteiger charge is 2.25. The molecule has 2 rings (SSSR count). The SMILES string of the molecule is CC(=O)OC[C@@H](OC(C)=O)[C@@H](C=Cc1ccc(OC(C)=O)cc1)c1ccc(OC(C)=O)cc1. The average Bonchev–Trinajstić information content (AvgIpc) is 2.73. The van der Waals surface area contributed by atoms with Gasteiger partial charge in [0, 0.05) is 33.6 Å². The number of benzene rings is 2. The topological polar surface area (TPSA) is 105 Å². The molecule has 0 amide bonds. The van der Waals surface area contributed by atoms with Gasteiger partial charge in [-0.15, -0.1) is 0 Å². The van der Waals surface area contributed by atoms with Gasteiger partial charge in [-0.2, -0.15) is 0 Å². The summed E-state index contributed by atoms with van der Waals surface area (Å²) in [6, 6.07) is 13.6. The molecule has 0 aliphatic rings. The number of carbonyl (C=O) groups is 4. The van der Waals surface area contributed by atoms with E-state index in [1.165, 1.54) is 27.7 Å². The fourth-order valence-corrected chi connectivity index (χ4v) is 3.03. The van der Waals surface area contributed by atoms with Crippen LogP contribution in [-0.2, 0) is 28.7 Å². The molecule has 8 nitrogen and oxygen atoms in total. The van der Waals surface area contributed by atoms with Gasteiger partial charge >= 0.3 is 23.9 Å². The molecule has 0 aromatic heterocycles. The van der Waals surface area contributed by atoms with E-state index in [0.717, 1.165) is 11.1 Å². The zero-order chi connectivity index (χ0) is 24.4. The predicted molar refractivity (Wildman–Crippen MR) is 119 cm³/mol. The molecule has 33 heavy (non-hydrogen) atoms. The Morgan fingerprint density at radius 3 is 1.70 bits per heavy atom. The summed E-state index contributed by atoms with van der Waals surface area (Å²) >= 11 is 0. The van der Waals surface area contributed by atoms with Crippen molar-refractivity contribution in [2.24, 2.45) is 0 Å². The van der Waals surface area contributed by atoms with E-state index in [0.29, 0.717) is 11.5 Å². The van der Waals surface area contributed by atoms with Crippen molar-refractivity contribution < 1.29 is 38.1 Å². The largest absolute Gasteiger partial charge is 0.462 e. The molecular weight excluding hydrogens is 428 g/mol. The number of carbonyl (C=O) groups excluding carboxylic acids is 4. The summed E-state index contributed by atoms with van der Waals surface area (Å²) in [5.41, 5.74) is 1.55. The van der Waals surface area contributed by atoms with E-state index in [1.54, 1.807) is 48.5 Å². The molecule has 0 heterocycles. The Hall–Kier alpha value is -3.94. The lowest BCUT2D eigenvalue weighted by molar-refractivity contribution is -0.157. The van der Waals surface area contributed by atoms with Gasteiger partial charge in [0.15, 0.2) is 0 Å². The molecule has 8 heteroatoms. The van der Waals surface area contributed by atoms with Crippen LogP contribution in [-0.4, -0.2) is 36.6 Å². The lowest BCUT2D eigenvalue weighted by atomic mass is 9.92. The first kappa shape index (κ1) is 25.3. The number of rotatable bonds is 9. The normalized spacial score (nSPS) is 12.5. The highest BCUT2D eigenvalue weighted by molar-refractivity contribution is 5.70. The molecule has 2 aromatic carbocycles. The van der Waals surface area contributed by atoms with Crippen LogP contribution in [0.2, 0.25) is 0 Å². The van der Waals surface area contributed by atoms with Crippen molar-refractivity contribution in [1.29, 1.82) is 0 Å². The smallest absolute Gasteiger partial charge is 0.308 e. The first-order chi connectivity index (χ1) is 15.6. The fourth-order valence-electron chi connectivity index (χ4n) is 3.03. The lowest BCUT2D eigenvalue weighted by Crippen LogP contribution is -2.29. The van der Waals surface area contributed by atoms with Crippen molar-refractivity contribution in [3.8, 4) is 11.5 Å². The van der Waals surface area contributed by atoms with Crippen LogP contribution in [0.1, 0.15) is 44.7 Å². The van der Waals surface area contributed by atoms with E-state index in [-0.39, 0.29) is 6.61 Å². The van der Waals surface area contributed by atoms with Crippen LogP contribution < -0.4 is 9.47 Å². The number of hydrogen-bond donors (Lipinski definition) is 0. The summed E-state index contributed by atoms with van der Waals surface area (Å²) in [5.74, 6) is -1.56. The monoisotopic (exact) mass is 454 g/mol. The zero-order valence-electron chi connectivity index (χ0n) is 18.9. The standard InChI is InChI=1S/C25H26O8/c1-16(26)30-15-25(33-19(4)29)24(21-8-12-23(13-9-21)32-18(3)28)14-7-20-5-10-22(11-6-20)31-17(2)27/h5-14,24-25H,15H2,1-4H3/t24-,25+/m0/s1. The Morgan fingerprint density at radius 2 is 1.24 bits per heavy atom. The molecule has 0 N–H and O–H groups in total. The highest BCUT2D eigenvalue weighted by atomic mass is 16.6. The Balaban J connectivity index is 2.36. The molecule has 2 atom stereocenters. The third kappa shape index (κ3) is 8.98. The summed E-state index contributed by atoms with van der Waals surface area (Å²) in [4.78, 5) is 45.4. The Labute approximate surface area is 192 Å². The van der Waals surface area contributed by atoms with E-state index in [9.17, 15) is 19.2 Å². The van der Waals surface area contributed by atoms with Gasteiger partial charge < -0.3 is 18.9 Å². The minimum atomic E-state index is -0.789. The van der Waals surface area contributed by atoms with Crippen molar-refractivity contribution in [2.75, 3.05) is 6.61 Å². The van der Waals surface area contributed by atoms with Gasteiger partial charge in [0.25, 0.3) is 0 Å². The van der Waals surface area contributed by atoms with E-state index >= 15 is 0 Å². The maximum absolute atomic E-state index is 11.7. The lowest BCUT2D eigenvalue weighted by Gasteiger charge is -2.24. The van der Waals surface area contributed by atoms with Crippen molar-refractivity contribution in [2.45, 2.75) is 39.7 Å². The van der Waals surface area contributed by atoms with E-state index in [2.05, 4.69) is 0 Å². The zero-order valence-corrected chi connectivity index (χ0v) is 18.9. The maximum Gasteiger partial charge on any atom is 0.308 e. The fraction of sp³-hybridized carbons (Fsp3) is 0.280. The molecule has 0 radical (unpaired) electrons. The van der Waals surface area contributed by atoms with E-state index < -0.39 is 35.9 Å². The average molecular weight is 454 g/mol. The summed E-state index contributed by atoms with van der Waals surface area (Å²) in [6.07, 6.45) is 2.84. The summed E-state index contributed by atoms with van der Waals surface area (Å²) < 4.78 is 20.7. The Morgan fingerprint density at radius 1 is 0.727 bits per heavy atom. The van der Waals surface area contributed by atoms with Crippen LogP contribution in [0.4, 0.5) is 0 Å². The van der Waals surface area contributed by atoms with Crippen LogP contribution in [0, 0.1) is 0 Å². The summed E-state index contributed by atoms with van der Waals surface area (Å²) in [6.45, 7) is 5.04. The van der Waals surface area contributed by atoms with Crippen molar-refractivity contribution in [3.63, 3.8) is 0 Å². The Kier molecular flexibility index (Phi) is 9.35. The van der Waals surface area contributed by atoms with Gasteiger partial charge in [-0.1, -0.05) is 36.4 Å². The summed E-state index contributed by atoms with van der Waals surface area (Å²) in [7, 11) is 0. The van der Waals surface area contributed by atoms with Gasteiger partial charge in [0.2, 0.25) is 0 Å². The minimum Gasteiger partial charge on any atom is -0.462 e. The molecule has 0 saturated heterocycles. The first-order valence-corrected chi connectivity index (χ1v) is 10.2. The van der Waals surface area contributed by atoms with E-state index in [1.807, 2.05) is 12.2 Å². The first-order valence-electron chi connectivity index (χ1n) is 10.2. The van der Waals surface area contributed by atoms with Gasteiger partial charge in [0.05, 0.1) is 0 Å². The number of hydrogen-bond acceptors (Lipinski definition) is 8. The third-order valence-electron chi connectivity index (χ3n) is 4.33. The summed E-state index contributed by atoms with van der Waals surface area (Å²) in [5, 5.41) is 0. The van der Waals surface area contributed by atoms with Crippen LogP contribution >= 0.6 is 0 Å². The molecular formula is C25H26O8. The second-order valence-corrected chi connectivity index (χ2v) is 7.16. The third-order valence-corrected chi connectivity index (χ3v) is 4.33. The van der Waals surface area contributed by atoms with E-state index in [4.69, 9.17) is 18.9 Å². The van der Waals surface area contributed by atoms with Gasteiger partial charge in [-0.3, -0.25) is 19.2 Å². The molecule has 0 bridgehead atoms. The second kappa shape index (κ2) is 12.2. The highest BCUT2D eigenvalue weighted by Crippen LogP contribution is 2.28. The van der Waals surface area contributed by atoms with Gasteiger partial charge in [-0.25, -0.2) is 0 Å². The quantitative estimate of drug-likeness (QED) is 0.416. The molecule has 0 aliphatic carbocycles. The molecule has 0 saturated carbocycles. The Bertz CT molecular complexity index is 1010. The molecule has 0 spiro atoms.